The molecular weight excluding hydrogens is 480 g/mol. The van der Waals surface area contributed by atoms with Crippen LogP contribution in [0.5, 0.6) is 5.75 Å². The third-order valence-electron chi connectivity index (χ3n) is 5.37. The van der Waals surface area contributed by atoms with Crippen molar-refractivity contribution in [2.24, 2.45) is 0 Å². The Hall–Kier alpha value is -3.09. The number of carbonyl (C=O) groups excluding carboxylic acids is 1. The highest BCUT2D eigenvalue weighted by molar-refractivity contribution is 7.92. The number of nitro benzene ring substituents is 1. The molecule has 0 unspecified atom stereocenters. The summed E-state index contributed by atoms with van der Waals surface area (Å²) in [5.41, 5.74) is 0.426. The van der Waals surface area contributed by atoms with Crippen LogP contribution in [0.2, 0.25) is 0 Å². The van der Waals surface area contributed by atoms with Crippen LogP contribution in [0.25, 0.3) is 10.2 Å². The normalized spacial score (nSPS) is 11.6. The van der Waals surface area contributed by atoms with Gasteiger partial charge in [-0.2, -0.15) is 0 Å². The van der Waals surface area contributed by atoms with Crippen LogP contribution < -0.4 is 9.64 Å². The first-order valence-electron chi connectivity index (χ1n) is 10.6. The average molecular weight is 507 g/mol. The number of ether oxygens (including phenoxy) is 1. The Kier molecular flexibility index (Phi) is 8.18. The summed E-state index contributed by atoms with van der Waals surface area (Å²) in [6.07, 6.45) is 0. The van der Waals surface area contributed by atoms with Gasteiger partial charge in [-0.25, -0.2) is 13.4 Å². The van der Waals surface area contributed by atoms with Crippen molar-refractivity contribution in [2.45, 2.75) is 18.7 Å². The molecule has 1 aromatic heterocycles. The number of nitrogens with zero attached hydrogens (tertiary/aromatic N) is 4. The molecule has 0 spiro atoms. The summed E-state index contributed by atoms with van der Waals surface area (Å²) < 4.78 is 31.5. The molecule has 0 aliphatic carbocycles. The lowest BCUT2D eigenvalue weighted by Crippen LogP contribution is -2.41. The Morgan fingerprint density at radius 2 is 1.79 bits per heavy atom. The molecule has 0 saturated carbocycles. The molecule has 34 heavy (non-hydrogen) atoms. The average Bonchev–Trinajstić information content (AvgIpc) is 3.24. The molecule has 0 N–H and O–H groups in total. The van der Waals surface area contributed by atoms with E-state index in [0.717, 1.165) is 24.4 Å². The Bertz CT molecular complexity index is 1270. The molecule has 182 valence electrons. The highest BCUT2D eigenvalue weighted by Crippen LogP contribution is 2.32. The smallest absolute Gasteiger partial charge is 0.270 e. The van der Waals surface area contributed by atoms with Crippen molar-refractivity contribution in [1.29, 1.82) is 0 Å². The van der Waals surface area contributed by atoms with Crippen molar-refractivity contribution >= 4 is 48.1 Å². The number of non-ortho nitro benzene ring substituents is 1. The largest absolute Gasteiger partial charge is 0.497 e. The van der Waals surface area contributed by atoms with Gasteiger partial charge in [0, 0.05) is 25.2 Å². The first kappa shape index (κ1) is 25.5. The van der Waals surface area contributed by atoms with E-state index in [2.05, 4.69) is 9.88 Å². The van der Waals surface area contributed by atoms with Crippen molar-refractivity contribution < 1.29 is 22.9 Å². The van der Waals surface area contributed by atoms with Gasteiger partial charge in [0.25, 0.3) is 5.69 Å². The molecule has 0 aliphatic heterocycles. The molecule has 0 radical (unpaired) electrons. The lowest BCUT2D eigenvalue weighted by atomic mass is 10.3. The van der Waals surface area contributed by atoms with E-state index in [1.54, 1.807) is 0 Å². The second-order valence-corrected chi connectivity index (χ2v) is 10.4. The van der Waals surface area contributed by atoms with E-state index < -0.39 is 26.4 Å². The highest BCUT2D eigenvalue weighted by Gasteiger charge is 2.27. The molecule has 3 aromatic rings. The van der Waals surface area contributed by atoms with Gasteiger partial charge in [-0.15, -0.1) is 0 Å². The van der Waals surface area contributed by atoms with Gasteiger partial charge in [-0.05, 0) is 43.4 Å². The summed E-state index contributed by atoms with van der Waals surface area (Å²) in [6.45, 7) is 6.31. The summed E-state index contributed by atoms with van der Waals surface area (Å²) >= 11 is 1.12. The molecule has 0 fully saturated rings. The maximum absolute atomic E-state index is 13.3. The Morgan fingerprint density at radius 3 is 2.38 bits per heavy atom. The lowest BCUT2D eigenvalue weighted by Gasteiger charge is -2.24. The van der Waals surface area contributed by atoms with Crippen LogP contribution in [-0.2, 0) is 14.6 Å². The maximum atomic E-state index is 13.3. The van der Waals surface area contributed by atoms with Crippen LogP contribution in [0.3, 0.4) is 0 Å². The number of hydrogen-bond donors (Lipinski definition) is 0. The molecule has 3 rings (SSSR count). The van der Waals surface area contributed by atoms with Crippen LogP contribution in [-0.4, -0.2) is 68.2 Å². The third kappa shape index (κ3) is 5.88. The summed E-state index contributed by atoms with van der Waals surface area (Å²) in [6, 6.07) is 10.1. The number of sulfone groups is 1. The van der Waals surface area contributed by atoms with Crippen LogP contribution >= 0.6 is 11.3 Å². The zero-order valence-electron chi connectivity index (χ0n) is 19.1. The van der Waals surface area contributed by atoms with Crippen LogP contribution in [0.15, 0.2) is 47.4 Å². The number of benzene rings is 2. The van der Waals surface area contributed by atoms with Crippen molar-refractivity contribution in [1.82, 2.24) is 9.88 Å². The number of aromatic nitrogens is 1. The Morgan fingerprint density at radius 1 is 1.12 bits per heavy atom. The number of thiazole rings is 1. The fourth-order valence-corrected chi connectivity index (χ4v) is 5.59. The fourth-order valence-electron chi connectivity index (χ4n) is 3.35. The van der Waals surface area contributed by atoms with Crippen LogP contribution in [0, 0.1) is 10.1 Å². The van der Waals surface area contributed by atoms with Gasteiger partial charge in [-0.1, -0.05) is 25.2 Å². The molecule has 0 saturated heterocycles. The van der Waals surface area contributed by atoms with E-state index in [9.17, 15) is 23.3 Å². The number of hydrogen-bond acceptors (Lipinski definition) is 9. The van der Waals surface area contributed by atoms with Gasteiger partial charge in [0.05, 0.1) is 27.1 Å². The molecule has 10 nitrogen and oxygen atoms in total. The molecule has 1 heterocycles. The summed E-state index contributed by atoms with van der Waals surface area (Å²) in [5.74, 6) is -0.834. The van der Waals surface area contributed by atoms with Crippen LogP contribution in [0.1, 0.15) is 13.8 Å². The summed E-state index contributed by atoms with van der Waals surface area (Å²) in [7, 11) is -2.43. The SMILES string of the molecule is CCN(CC)CCN(C(=O)CS(=O)(=O)c1ccc(OC)cc1)c1nc2ccc([N+](=O)[O-])cc2s1. The molecule has 1 amide bonds. The highest BCUT2D eigenvalue weighted by atomic mass is 32.2. The van der Waals surface area contributed by atoms with E-state index in [4.69, 9.17) is 4.74 Å². The minimum absolute atomic E-state index is 0.0188. The number of fused-ring (bicyclic) bond motifs is 1. The Balaban J connectivity index is 1.92. The van der Waals surface area contributed by atoms with Crippen molar-refractivity contribution in [3.63, 3.8) is 0 Å². The van der Waals surface area contributed by atoms with Gasteiger partial charge in [0.1, 0.15) is 11.5 Å². The lowest BCUT2D eigenvalue weighted by molar-refractivity contribution is -0.384. The van der Waals surface area contributed by atoms with Crippen LogP contribution in [0.4, 0.5) is 10.8 Å². The molecule has 12 heteroatoms. The molecule has 0 aliphatic rings. The second kappa shape index (κ2) is 10.9. The third-order valence-corrected chi connectivity index (χ3v) is 8.03. The summed E-state index contributed by atoms with van der Waals surface area (Å²) in [4.78, 5) is 31.8. The van der Waals surface area contributed by atoms with Gasteiger partial charge in [0.15, 0.2) is 15.0 Å². The monoisotopic (exact) mass is 506 g/mol. The number of methoxy groups -OCH3 is 1. The number of amides is 1. The maximum Gasteiger partial charge on any atom is 0.270 e. The van der Waals surface area contributed by atoms with Crippen molar-refractivity contribution in [3.05, 3.63) is 52.6 Å². The number of anilines is 1. The zero-order chi connectivity index (χ0) is 24.9. The Labute approximate surface area is 201 Å². The number of carbonyl (C=O) groups is 1. The number of rotatable bonds is 11. The standard InChI is InChI=1S/C22H26N4O6S2/c1-4-24(5-2)12-13-25(22-23-19-11-6-16(26(28)29)14-20(19)33-22)21(27)15-34(30,31)18-9-7-17(32-3)8-10-18/h6-11,14H,4-5,12-13,15H2,1-3H3. The molecular formula is C22H26N4O6S2. The summed E-state index contributed by atoms with van der Waals surface area (Å²) in [5, 5.41) is 11.4. The van der Waals surface area contributed by atoms with Gasteiger partial charge < -0.3 is 9.64 Å². The predicted molar refractivity (Wildman–Crippen MR) is 131 cm³/mol. The van der Waals surface area contributed by atoms with Gasteiger partial charge in [-0.3, -0.25) is 19.8 Å². The number of nitro groups is 1. The first-order valence-corrected chi connectivity index (χ1v) is 13.1. The van der Waals surface area contributed by atoms with Crippen molar-refractivity contribution in [2.75, 3.05) is 43.9 Å². The second-order valence-electron chi connectivity index (χ2n) is 7.41. The molecule has 2 aromatic carbocycles. The van der Waals surface area contributed by atoms with E-state index in [1.807, 2.05) is 13.8 Å². The quantitative estimate of drug-likeness (QED) is 0.287. The zero-order valence-corrected chi connectivity index (χ0v) is 20.8. The molecule has 0 atom stereocenters. The molecule has 0 bridgehead atoms. The number of likely N-dealkylation sites (N-methyl/N-ethyl adjacent to an activating group) is 1. The van der Waals surface area contributed by atoms with E-state index >= 15 is 0 Å². The minimum Gasteiger partial charge on any atom is -0.497 e. The van der Waals surface area contributed by atoms with E-state index in [0.29, 0.717) is 27.6 Å². The van der Waals surface area contributed by atoms with Gasteiger partial charge >= 0.3 is 0 Å². The van der Waals surface area contributed by atoms with Gasteiger partial charge in [0.2, 0.25) is 5.91 Å². The topological polar surface area (TPSA) is 123 Å². The fraction of sp³-hybridized carbons (Fsp3) is 0.364. The van der Waals surface area contributed by atoms with E-state index in [-0.39, 0.29) is 17.1 Å². The van der Waals surface area contributed by atoms with E-state index in [1.165, 1.54) is 54.5 Å². The first-order chi connectivity index (χ1) is 16.2. The van der Waals surface area contributed by atoms with Crippen molar-refractivity contribution in [3.8, 4) is 5.75 Å². The predicted octanol–water partition coefficient (Wildman–Crippen LogP) is 3.36. The minimum atomic E-state index is -3.91.